The van der Waals surface area contributed by atoms with Crippen molar-refractivity contribution in [3.05, 3.63) is 74.4 Å². The van der Waals surface area contributed by atoms with Crippen molar-refractivity contribution >= 4 is 40.1 Å². The number of thiazole rings is 1. The normalized spacial score (nSPS) is 11.8. The van der Waals surface area contributed by atoms with Crippen molar-refractivity contribution in [2.75, 3.05) is 20.8 Å². The Morgan fingerprint density at radius 2 is 2.00 bits per heavy atom. The number of benzene rings is 2. The van der Waals surface area contributed by atoms with Crippen LogP contribution in [-0.2, 0) is 0 Å². The van der Waals surface area contributed by atoms with E-state index in [1.165, 1.54) is 11.3 Å². The zero-order chi connectivity index (χ0) is 19.9. The summed E-state index contributed by atoms with van der Waals surface area (Å²) >= 11 is 3.82. The van der Waals surface area contributed by atoms with Crippen LogP contribution in [0, 0.1) is 3.57 Å². The topological polar surface area (TPSA) is 48.1 Å². The van der Waals surface area contributed by atoms with Crippen molar-refractivity contribution < 1.29 is 9.47 Å². The lowest BCUT2D eigenvalue weighted by atomic mass is 10.1. The van der Waals surface area contributed by atoms with Gasteiger partial charge in [-0.15, -0.1) is 17.9 Å². The lowest BCUT2D eigenvalue weighted by Crippen LogP contribution is -2.13. The summed E-state index contributed by atoms with van der Waals surface area (Å²) in [5.74, 6) is 1.49. The van der Waals surface area contributed by atoms with Gasteiger partial charge in [-0.25, -0.2) is 4.68 Å². The smallest absolute Gasteiger partial charge is 0.206 e. The summed E-state index contributed by atoms with van der Waals surface area (Å²) in [5, 5.41) is 6.75. The molecule has 7 heteroatoms. The molecule has 0 atom stereocenters. The second-order valence-electron chi connectivity index (χ2n) is 5.68. The molecule has 0 bridgehead atoms. The third-order valence-corrected chi connectivity index (χ3v) is 5.78. The molecule has 0 N–H and O–H groups in total. The van der Waals surface area contributed by atoms with Crippen molar-refractivity contribution in [1.29, 1.82) is 0 Å². The molecule has 0 saturated heterocycles. The Bertz CT molecular complexity index is 1070. The van der Waals surface area contributed by atoms with Crippen molar-refractivity contribution in [1.82, 2.24) is 4.68 Å². The van der Waals surface area contributed by atoms with Gasteiger partial charge in [-0.3, -0.25) is 4.99 Å². The van der Waals surface area contributed by atoms with Crippen molar-refractivity contribution in [2.24, 2.45) is 10.1 Å². The van der Waals surface area contributed by atoms with Crippen LogP contribution in [0.25, 0.3) is 11.3 Å². The van der Waals surface area contributed by atoms with Crippen LogP contribution in [0.1, 0.15) is 5.56 Å². The number of nitrogens with zero attached hydrogens (tertiary/aromatic N) is 3. The van der Waals surface area contributed by atoms with Crippen LogP contribution in [0.2, 0.25) is 0 Å². The predicted molar refractivity (Wildman–Crippen MR) is 124 cm³/mol. The van der Waals surface area contributed by atoms with Crippen LogP contribution in [0.4, 0.5) is 0 Å². The second-order valence-corrected chi connectivity index (χ2v) is 7.68. The third kappa shape index (κ3) is 4.53. The maximum Gasteiger partial charge on any atom is 0.206 e. The van der Waals surface area contributed by atoms with Gasteiger partial charge in [0.25, 0.3) is 0 Å². The number of ether oxygens (including phenoxy) is 2. The molecule has 5 nitrogen and oxygen atoms in total. The molecule has 1 heterocycles. The number of aromatic nitrogens is 1. The van der Waals surface area contributed by atoms with Crippen molar-refractivity contribution in [3.8, 4) is 22.8 Å². The molecule has 3 aromatic rings. The summed E-state index contributed by atoms with van der Waals surface area (Å²) < 4.78 is 13.9. The molecule has 0 unspecified atom stereocenters. The quantitative estimate of drug-likeness (QED) is 0.263. The van der Waals surface area contributed by atoms with E-state index >= 15 is 0 Å². The summed E-state index contributed by atoms with van der Waals surface area (Å²) in [6, 6.07) is 13.8. The minimum atomic E-state index is 0.521. The van der Waals surface area contributed by atoms with Crippen LogP contribution in [-0.4, -0.2) is 31.7 Å². The van der Waals surface area contributed by atoms with Gasteiger partial charge in [-0.05, 0) is 46.9 Å². The molecule has 28 heavy (non-hydrogen) atoms. The minimum Gasteiger partial charge on any atom is -0.497 e. The monoisotopic (exact) mass is 505 g/mol. The van der Waals surface area contributed by atoms with E-state index in [1.807, 2.05) is 52.7 Å². The second kappa shape index (κ2) is 9.70. The number of hydrogen-bond acceptors (Lipinski definition) is 5. The number of hydrogen-bond donors (Lipinski definition) is 0. The first kappa shape index (κ1) is 20.3. The maximum atomic E-state index is 5.56. The highest BCUT2D eigenvalue weighted by molar-refractivity contribution is 14.1. The molecule has 0 saturated carbocycles. The van der Waals surface area contributed by atoms with Crippen molar-refractivity contribution in [2.45, 2.75) is 0 Å². The van der Waals surface area contributed by atoms with E-state index < -0.39 is 0 Å². The Balaban J connectivity index is 2.17. The molecule has 2 aromatic carbocycles. The molecule has 0 radical (unpaired) electrons. The fraction of sp³-hybridized carbons (Fsp3) is 0.143. The summed E-state index contributed by atoms with van der Waals surface area (Å²) in [6.07, 6.45) is 3.61. The van der Waals surface area contributed by atoms with Crippen LogP contribution >= 0.6 is 33.9 Å². The highest BCUT2D eigenvalue weighted by Crippen LogP contribution is 2.33. The van der Waals surface area contributed by atoms with E-state index in [9.17, 15) is 0 Å². The average Bonchev–Trinajstić information content (AvgIpc) is 3.13. The van der Waals surface area contributed by atoms with Gasteiger partial charge < -0.3 is 9.47 Å². The van der Waals surface area contributed by atoms with Gasteiger partial charge in [0.15, 0.2) is 0 Å². The molecule has 0 aliphatic rings. The fourth-order valence-corrected chi connectivity index (χ4v) is 3.93. The van der Waals surface area contributed by atoms with Crippen molar-refractivity contribution in [3.63, 3.8) is 0 Å². The largest absolute Gasteiger partial charge is 0.497 e. The van der Waals surface area contributed by atoms with Crippen LogP contribution in [0.15, 0.2) is 70.6 Å². The molecule has 0 aliphatic heterocycles. The highest BCUT2D eigenvalue weighted by Gasteiger charge is 2.14. The Morgan fingerprint density at radius 3 is 2.71 bits per heavy atom. The van der Waals surface area contributed by atoms with Gasteiger partial charge in [0.2, 0.25) is 4.80 Å². The SMILES string of the molecule is C=CCN=c1scc(-c2cc(OC)ccc2OC)n1N=Cc1ccccc1I. The average molecular weight is 505 g/mol. The zero-order valence-corrected chi connectivity index (χ0v) is 18.6. The van der Waals surface area contributed by atoms with Gasteiger partial charge in [0.05, 0.1) is 32.7 Å². The number of halogens is 1. The van der Waals surface area contributed by atoms with E-state index in [4.69, 9.17) is 14.6 Å². The standard InChI is InChI=1S/C21H20IN3O2S/c1-4-11-23-21-25(24-13-15-7-5-6-8-18(15)22)19(14-28-21)17-12-16(26-2)9-10-20(17)27-3/h4-10,12-14H,1,11H2,2-3H3. The molecule has 0 aliphatic carbocycles. The zero-order valence-electron chi connectivity index (χ0n) is 15.6. The maximum absolute atomic E-state index is 5.56. The molecule has 0 amide bonds. The Morgan fingerprint density at radius 1 is 1.18 bits per heavy atom. The lowest BCUT2D eigenvalue weighted by molar-refractivity contribution is 0.404. The fourth-order valence-electron chi connectivity index (χ4n) is 2.56. The molecule has 3 rings (SSSR count). The highest BCUT2D eigenvalue weighted by atomic mass is 127. The molecule has 1 aromatic heterocycles. The molecule has 0 spiro atoms. The molecule has 0 fully saturated rings. The first-order valence-corrected chi connectivity index (χ1v) is 10.5. The van der Waals surface area contributed by atoms with E-state index in [0.717, 1.165) is 36.7 Å². The Labute approximate surface area is 181 Å². The molecule has 144 valence electrons. The van der Waals surface area contributed by atoms with Crippen LogP contribution in [0.3, 0.4) is 0 Å². The summed E-state index contributed by atoms with van der Waals surface area (Å²) in [5.41, 5.74) is 2.81. The van der Waals surface area contributed by atoms with Crippen LogP contribution < -0.4 is 14.3 Å². The first-order valence-electron chi connectivity index (χ1n) is 8.51. The number of rotatable bonds is 7. The summed E-state index contributed by atoms with van der Waals surface area (Å²) in [7, 11) is 3.30. The predicted octanol–water partition coefficient (Wildman–Crippen LogP) is 4.81. The van der Waals surface area contributed by atoms with E-state index in [-0.39, 0.29) is 0 Å². The summed E-state index contributed by atoms with van der Waals surface area (Å²) in [4.78, 5) is 5.36. The Hall–Kier alpha value is -2.39. The minimum absolute atomic E-state index is 0.521. The first-order chi connectivity index (χ1) is 13.7. The van der Waals surface area contributed by atoms with Crippen LogP contribution in [0.5, 0.6) is 11.5 Å². The van der Waals surface area contributed by atoms with Gasteiger partial charge in [0.1, 0.15) is 11.5 Å². The summed E-state index contributed by atoms with van der Waals surface area (Å²) in [6.45, 7) is 4.27. The van der Waals surface area contributed by atoms with Gasteiger partial charge >= 0.3 is 0 Å². The Kier molecular flexibility index (Phi) is 7.05. The third-order valence-electron chi connectivity index (χ3n) is 3.94. The van der Waals surface area contributed by atoms with E-state index in [1.54, 1.807) is 20.3 Å². The molecular weight excluding hydrogens is 485 g/mol. The van der Waals surface area contributed by atoms with Gasteiger partial charge in [-0.1, -0.05) is 24.3 Å². The van der Waals surface area contributed by atoms with Gasteiger partial charge in [-0.2, -0.15) is 5.10 Å². The molecular formula is C21H20IN3O2S. The van der Waals surface area contributed by atoms with E-state index in [2.05, 4.69) is 40.2 Å². The number of methoxy groups -OCH3 is 2. The lowest BCUT2D eigenvalue weighted by Gasteiger charge is -2.11. The van der Waals surface area contributed by atoms with Gasteiger partial charge in [0, 0.05) is 20.1 Å². The van der Waals surface area contributed by atoms with E-state index in [0.29, 0.717) is 6.54 Å².